The monoisotopic (exact) mass is 721 g/mol. The second-order valence-corrected chi connectivity index (χ2v) is 11.8. The van der Waals surface area contributed by atoms with Gasteiger partial charge >= 0.3 is 6.18 Å². The fourth-order valence-electron chi connectivity index (χ4n) is 5.14. The van der Waals surface area contributed by atoms with Crippen LogP contribution in [0.5, 0.6) is 0 Å². The lowest BCUT2D eigenvalue weighted by Gasteiger charge is -2.18. The molecule has 4 amide bonds. The lowest BCUT2D eigenvalue weighted by atomic mass is 9.98. The molecule has 0 aliphatic heterocycles. The third-order valence-electron chi connectivity index (χ3n) is 7.89. The largest absolute Gasteiger partial charge is 0.416 e. The molecule has 1 atom stereocenters. The molecule has 14 heteroatoms. The Morgan fingerprint density at radius 3 is 2.15 bits per heavy atom. The molecule has 53 heavy (non-hydrogen) atoms. The van der Waals surface area contributed by atoms with Crippen LogP contribution in [-0.2, 0) is 22.2 Å². The zero-order valence-electron chi connectivity index (χ0n) is 28.3. The SMILES string of the molecule is C=CC(=O)NC[C@H](Cc1ccccc1)C(=O)Nc1cccc(Nc2ncc(NC(=O)c3cc(NC(=O)c4cccc(C(F)(F)F)c4)ccc3C)cn2)c1. The molecule has 0 spiro atoms. The number of hydrogen-bond acceptors (Lipinski definition) is 7. The third kappa shape index (κ3) is 10.6. The number of anilines is 5. The maximum absolute atomic E-state index is 13.3. The zero-order chi connectivity index (χ0) is 38.0. The standard InChI is InChI=1S/C39H34F3N7O4/c1-3-34(50)43-21-27(17-25-9-5-4-6-10-25)36(52)46-29-13-8-14-30(19-29)49-38-44-22-32(23-45-38)48-37(53)33-20-31(16-15-24(33)2)47-35(51)26-11-7-12-28(18-26)39(40,41)42/h3-16,18-20,22-23,27H,1,17,21H2,2H3,(H,43,50)(H,46,52)(H,47,51)(H,48,53)(H,44,45,49)/t27-/m0/s1. The van der Waals surface area contributed by atoms with E-state index in [4.69, 9.17) is 0 Å². The van der Waals surface area contributed by atoms with E-state index in [0.29, 0.717) is 23.4 Å². The maximum atomic E-state index is 13.3. The molecular formula is C39H34F3N7O4. The molecule has 270 valence electrons. The van der Waals surface area contributed by atoms with Gasteiger partial charge in [-0.3, -0.25) is 19.2 Å². The second-order valence-electron chi connectivity index (χ2n) is 11.8. The van der Waals surface area contributed by atoms with Crippen LogP contribution in [0.4, 0.5) is 41.9 Å². The highest BCUT2D eigenvalue weighted by Gasteiger charge is 2.31. The van der Waals surface area contributed by atoms with Gasteiger partial charge in [0.1, 0.15) is 0 Å². The highest BCUT2D eigenvalue weighted by atomic mass is 19.4. The Hall–Kier alpha value is -6.83. The fourth-order valence-corrected chi connectivity index (χ4v) is 5.14. The van der Waals surface area contributed by atoms with Gasteiger partial charge < -0.3 is 26.6 Å². The van der Waals surface area contributed by atoms with Gasteiger partial charge in [0.2, 0.25) is 17.8 Å². The number of nitrogens with zero attached hydrogens (tertiary/aromatic N) is 2. The summed E-state index contributed by atoms with van der Waals surface area (Å²) in [4.78, 5) is 59.4. The summed E-state index contributed by atoms with van der Waals surface area (Å²) in [5.74, 6) is -2.31. The minimum atomic E-state index is -4.60. The molecule has 0 bridgehead atoms. The summed E-state index contributed by atoms with van der Waals surface area (Å²) < 4.78 is 39.3. The Morgan fingerprint density at radius 1 is 0.755 bits per heavy atom. The van der Waals surface area contributed by atoms with E-state index in [1.54, 1.807) is 37.3 Å². The number of nitrogens with one attached hydrogen (secondary N) is 5. The molecule has 0 radical (unpaired) electrons. The lowest BCUT2D eigenvalue weighted by molar-refractivity contribution is -0.137. The molecule has 4 aromatic carbocycles. The average Bonchev–Trinajstić information content (AvgIpc) is 3.15. The molecule has 5 N–H and O–H groups in total. The smallest absolute Gasteiger partial charge is 0.352 e. The van der Waals surface area contributed by atoms with Crippen molar-refractivity contribution in [1.29, 1.82) is 0 Å². The summed E-state index contributed by atoms with van der Waals surface area (Å²) >= 11 is 0. The van der Waals surface area contributed by atoms with Gasteiger partial charge in [-0.25, -0.2) is 9.97 Å². The average molecular weight is 722 g/mol. The number of carbonyl (C=O) groups excluding carboxylic acids is 4. The Balaban J connectivity index is 1.20. The number of aryl methyl sites for hydroxylation is 1. The first kappa shape index (κ1) is 37.4. The number of hydrogen-bond donors (Lipinski definition) is 5. The molecule has 1 aromatic heterocycles. The minimum absolute atomic E-state index is 0.116. The Morgan fingerprint density at radius 2 is 1.43 bits per heavy atom. The van der Waals surface area contributed by atoms with E-state index in [1.165, 1.54) is 30.6 Å². The zero-order valence-corrected chi connectivity index (χ0v) is 28.3. The molecule has 5 aromatic rings. The highest BCUT2D eigenvalue weighted by Crippen LogP contribution is 2.30. The van der Waals surface area contributed by atoms with Crippen LogP contribution < -0.4 is 26.6 Å². The summed E-state index contributed by atoms with van der Waals surface area (Å²) in [6.45, 7) is 5.26. The van der Waals surface area contributed by atoms with Gasteiger partial charge in [-0.05, 0) is 79.1 Å². The molecule has 1 heterocycles. The Kier molecular flexibility index (Phi) is 11.9. The summed E-state index contributed by atoms with van der Waals surface area (Å²) in [5, 5.41) is 13.9. The molecule has 5 rings (SSSR count). The summed E-state index contributed by atoms with van der Waals surface area (Å²) in [5.41, 5.74) is 2.15. The molecule has 0 aliphatic carbocycles. The van der Waals surface area contributed by atoms with Gasteiger partial charge in [-0.2, -0.15) is 13.2 Å². The summed E-state index contributed by atoms with van der Waals surface area (Å²) in [6.07, 6.45) is -0.271. The predicted molar refractivity (Wildman–Crippen MR) is 196 cm³/mol. The van der Waals surface area contributed by atoms with Crippen LogP contribution in [0, 0.1) is 12.8 Å². The maximum Gasteiger partial charge on any atom is 0.416 e. The number of carbonyl (C=O) groups is 4. The topological polar surface area (TPSA) is 154 Å². The quantitative estimate of drug-likeness (QED) is 0.0810. The van der Waals surface area contributed by atoms with Crippen molar-refractivity contribution in [3.63, 3.8) is 0 Å². The lowest BCUT2D eigenvalue weighted by Crippen LogP contribution is -2.36. The molecule has 0 aliphatic rings. The van der Waals surface area contributed by atoms with Gasteiger partial charge in [0, 0.05) is 34.7 Å². The van der Waals surface area contributed by atoms with Gasteiger partial charge in [-0.15, -0.1) is 0 Å². The predicted octanol–water partition coefficient (Wildman–Crippen LogP) is 7.15. The summed E-state index contributed by atoms with van der Waals surface area (Å²) in [6, 6.07) is 24.9. The van der Waals surface area contributed by atoms with Crippen LogP contribution in [0.15, 0.2) is 122 Å². The fraction of sp³-hybridized carbons (Fsp3) is 0.128. The number of rotatable bonds is 13. The van der Waals surface area contributed by atoms with E-state index in [-0.39, 0.29) is 46.8 Å². The minimum Gasteiger partial charge on any atom is -0.352 e. The van der Waals surface area contributed by atoms with Crippen LogP contribution in [0.25, 0.3) is 0 Å². The second kappa shape index (κ2) is 16.9. The first-order valence-corrected chi connectivity index (χ1v) is 16.2. The normalized spacial score (nSPS) is 11.5. The first-order chi connectivity index (χ1) is 25.4. The first-order valence-electron chi connectivity index (χ1n) is 16.2. The van der Waals surface area contributed by atoms with E-state index in [1.807, 2.05) is 30.3 Å². The van der Waals surface area contributed by atoms with E-state index < -0.39 is 29.5 Å². The molecular weight excluding hydrogens is 687 g/mol. The van der Waals surface area contributed by atoms with Gasteiger partial charge in [0.25, 0.3) is 11.8 Å². The molecule has 0 unspecified atom stereocenters. The number of aromatic nitrogens is 2. The van der Waals surface area contributed by atoms with E-state index in [2.05, 4.69) is 43.1 Å². The Bertz CT molecular complexity index is 2120. The van der Waals surface area contributed by atoms with Crippen molar-refractivity contribution in [2.24, 2.45) is 5.92 Å². The summed E-state index contributed by atoms with van der Waals surface area (Å²) in [7, 11) is 0. The van der Waals surface area contributed by atoms with Crippen LogP contribution in [0.3, 0.4) is 0 Å². The number of benzene rings is 4. The van der Waals surface area contributed by atoms with Crippen molar-refractivity contribution in [2.75, 3.05) is 27.8 Å². The molecule has 0 fully saturated rings. The van der Waals surface area contributed by atoms with E-state index in [0.717, 1.165) is 29.8 Å². The van der Waals surface area contributed by atoms with Crippen molar-refractivity contribution in [2.45, 2.75) is 19.5 Å². The molecule has 0 saturated heterocycles. The van der Waals surface area contributed by atoms with Crippen molar-refractivity contribution < 1.29 is 32.3 Å². The van der Waals surface area contributed by atoms with E-state index in [9.17, 15) is 32.3 Å². The number of alkyl halides is 3. The van der Waals surface area contributed by atoms with Crippen molar-refractivity contribution in [3.8, 4) is 0 Å². The number of halogens is 3. The molecule has 0 saturated carbocycles. The van der Waals surface area contributed by atoms with Gasteiger partial charge in [0.15, 0.2) is 0 Å². The van der Waals surface area contributed by atoms with E-state index >= 15 is 0 Å². The van der Waals surface area contributed by atoms with Crippen molar-refractivity contribution >= 4 is 52.3 Å². The van der Waals surface area contributed by atoms with Crippen LogP contribution in [-0.4, -0.2) is 40.1 Å². The van der Waals surface area contributed by atoms with Crippen LogP contribution in [0.1, 0.15) is 37.4 Å². The van der Waals surface area contributed by atoms with Gasteiger partial charge in [0.05, 0.1) is 29.6 Å². The number of amides is 4. The van der Waals surface area contributed by atoms with Crippen LogP contribution >= 0.6 is 0 Å². The van der Waals surface area contributed by atoms with Crippen molar-refractivity contribution in [1.82, 2.24) is 15.3 Å². The van der Waals surface area contributed by atoms with Gasteiger partial charge in [-0.1, -0.05) is 55.1 Å². The van der Waals surface area contributed by atoms with Crippen molar-refractivity contribution in [3.05, 3.63) is 150 Å². The van der Waals surface area contributed by atoms with Crippen LogP contribution in [0.2, 0.25) is 0 Å². The Labute approximate surface area is 302 Å². The molecule has 11 nitrogen and oxygen atoms in total. The highest BCUT2D eigenvalue weighted by molar-refractivity contribution is 6.08. The third-order valence-corrected chi connectivity index (χ3v) is 7.89.